The standard InChI is InChI=1S/C46H80N6O10/c1-42(2,3)58-37(53)47-23-16-25-52(41(57)62-46(13,14)15)34-36-21-19-35(20-22-36)33-48-24-17-26-50(39(55)60-44(7,8)9)31-32-51(40(56)61-45(10,11)12)28-18-27-49(30-29-48)38(54)59-43(4,5)6/h19-22H,16-18,23-34H2,1-15H3,(H,47,53). The van der Waals surface area contributed by atoms with E-state index in [2.05, 4.69) is 10.2 Å². The number of carbonyl (C=O) groups excluding carboxylic acids is 5. The zero-order valence-corrected chi connectivity index (χ0v) is 40.7. The van der Waals surface area contributed by atoms with Crippen molar-refractivity contribution in [3.8, 4) is 0 Å². The van der Waals surface area contributed by atoms with Gasteiger partial charge < -0.3 is 48.6 Å². The van der Waals surface area contributed by atoms with Crippen molar-refractivity contribution in [2.45, 2.75) is 164 Å². The Labute approximate surface area is 372 Å². The lowest BCUT2D eigenvalue weighted by atomic mass is 10.1. The van der Waals surface area contributed by atoms with Crippen molar-refractivity contribution in [1.82, 2.24) is 29.8 Å². The summed E-state index contributed by atoms with van der Waals surface area (Å²) >= 11 is 0. The predicted octanol–water partition coefficient (Wildman–Crippen LogP) is 8.65. The largest absolute Gasteiger partial charge is 0.444 e. The van der Waals surface area contributed by atoms with Gasteiger partial charge in [0.15, 0.2) is 0 Å². The third-order valence-corrected chi connectivity index (χ3v) is 8.77. The van der Waals surface area contributed by atoms with Crippen molar-refractivity contribution in [2.24, 2.45) is 0 Å². The molecule has 1 saturated heterocycles. The van der Waals surface area contributed by atoms with Crippen LogP contribution >= 0.6 is 0 Å². The molecule has 1 aromatic rings. The number of hydrogen-bond donors (Lipinski definition) is 1. The maximum atomic E-state index is 13.5. The molecule has 1 N–H and O–H groups in total. The highest BCUT2D eigenvalue weighted by molar-refractivity contribution is 5.70. The van der Waals surface area contributed by atoms with E-state index in [1.807, 2.05) is 107 Å². The van der Waals surface area contributed by atoms with Crippen LogP contribution < -0.4 is 5.32 Å². The molecule has 2 rings (SSSR count). The molecule has 1 aliphatic rings. The van der Waals surface area contributed by atoms with E-state index < -0.39 is 58.5 Å². The van der Waals surface area contributed by atoms with Crippen molar-refractivity contribution in [3.63, 3.8) is 0 Å². The van der Waals surface area contributed by atoms with Gasteiger partial charge >= 0.3 is 30.5 Å². The van der Waals surface area contributed by atoms with Gasteiger partial charge in [0.05, 0.1) is 0 Å². The van der Waals surface area contributed by atoms with Crippen LogP contribution in [0.5, 0.6) is 0 Å². The van der Waals surface area contributed by atoms with Crippen LogP contribution in [0.15, 0.2) is 24.3 Å². The van der Waals surface area contributed by atoms with E-state index in [4.69, 9.17) is 23.7 Å². The van der Waals surface area contributed by atoms with Gasteiger partial charge in [-0.05, 0) is 134 Å². The molecule has 1 aliphatic heterocycles. The van der Waals surface area contributed by atoms with Gasteiger partial charge in [0.1, 0.15) is 28.0 Å². The highest BCUT2D eigenvalue weighted by Gasteiger charge is 2.29. The van der Waals surface area contributed by atoms with Crippen LogP contribution in [0.25, 0.3) is 0 Å². The van der Waals surface area contributed by atoms with Crippen LogP contribution in [-0.4, -0.2) is 148 Å². The molecule has 0 saturated carbocycles. The van der Waals surface area contributed by atoms with E-state index in [1.54, 1.807) is 40.4 Å². The molecule has 62 heavy (non-hydrogen) atoms. The topological polar surface area (TPSA) is 160 Å². The van der Waals surface area contributed by atoms with Crippen LogP contribution in [0.3, 0.4) is 0 Å². The molecule has 5 amide bonds. The van der Waals surface area contributed by atoms with Gasteiger partial charge in [-0.25, -0.2) is 24.0 Å². The van der Waals surface area contributed by atoms with E-state index in [0.29, 0.717) is 84.7 Å². The van der Waals surface area contributed by atoms with Gasteiger partial charge in [0.25, 0.3) is 0 Å². The second-order valence-electron chi connectivity index (χ2n) is 20.9. The molecule has 0 bridgehead atoms. The number of nitrogens with one attached hydrogen (secondary N) is 1. The zero-order valence-electron chi connectivity index (χ0n) is 40.7. The number of benzene rings is 1. The van der Waals surface area contributed by atoms with Crippen molar-refractivity contribution in [2.75, 3.05) is 65.4 Å². The molecule has 0 radical (unpaired) electrons. The summed E-state index contributed by atoms with van der Waals surface area (Å²) in [6.45, 7) is 31.9. The van der Waals surface area contributed by atoms with Gasteiger partial charge in [-0.15, -0.1) is 0 Å². The summed E-state index contributed by atoms with van der Waals surface area (Å²) in [5.41, 5.74) is -1.46. The first-order chi connectivity index (χ1) is 28.4. The van der Waals surface area contributed by atoms with E-state index in [-0.39, 0.29) is 13.1 Å². The van der Waals surface area contributed by atoms with Crippen LogP contribution in [0.2, 0.25) is 0 Å². The third-order valence-electron chi connectivity index (χ3n) is 8.77. The maximum Gasteiger partial charge on any atom is 0.410 e. The van der Waals surface area contributed by atoms with E-state index in [0.717, 1.165) is 11.1 Å². The molecular formula is C46H80N6O10. The smallest absolute Gasteiger partial charge is 0.410 e. The summed E-state index contributed by atoms with van der Waals surface area (Å²) in [5.74, 6) is 0. The SMILES string of the molecule is CC(C)(C)OC(=O)NCCCN(Cc1ccc(CN2CCCN(C(=O)OC(C)(C)C)CCN(C(=O)OC(C)(C)C)CCCN(C(=O)OC(C)(C)C)CC2)cc1)C(=O)OC(C)(C)C. The number of hydrogen-bond acceptors (Lipinski definition) is 11. The Morgan fingerprint density at radius 3 is 1.32 bits per heavy atom. The highest BCUT2D eigenvalue weighted by atomic mass is 16.6. The lowest BCUT2D eigenvalue weighted by Gasteiger charge is -2.34. The fourth-order valence-corrected chi connectivity index (χ4v) is 6.14. The first-order valence-corrected chi connectivity index (χ1v) is 22.1. The number of rotatable bonds is 8. The molecule has 0 unspecified atom stereocenters. The lowest BCUT2D eigenvalue weighted by Crippen LogP contribution is -2.47. The fourth-order valence-electron chi connectivity index (χ4n) is 6.14. The second kappa shape index (κ2) is 23.3. The first-order valence-electron chi connectivity index (χ1n) is 22.1. The summed E-state index contributed by atoms with van der Waals surface area (Å²) in [4.78, 5) is 74.6. The number of amides is 5. The van der Waals surface area contributed by atoms with Crippen LogP contribution in [0, 0.1) is 0 Å². The minimum absolute atomic E-state index is 0.227. The van der Waals surface area contributed by atoms with E-state index in [1.165, 1.54) is 0 Å². The van der Waals surface area contributed by atoms with E-state index in [9.17, 15) is 24.0 Å². The second-order valence-corrected chi connectivity index (χ2v) is 20.9. The molecule has 354 valence electrons. The normalized spacial score (nSPS) is 15.8. The molecule has 0 aromatic heterocycles. The highest BCUT2D eigenvalue weighted by Crippen LogP contribution is 2.18. The molecule has 1 heterocycles. The average molecular weight is 877 g/mol. The fraction of sp³-hybridized carbons (Fsp3) is 0.761. The van der Waals surface area contributed by atoms with Crippen LogP contribution in [-0.2, 0) is 36.8 Å². The minimum Gasteiger partial charge on any atom is -0.444 e. The molecule has 16 nitrogen and oxygen atoms in total. The Morgan fingerprint density at radius 2 is 0.903 bits per heavy atom. The summed E-state index contributed by atoms with van der Waals surface area (Å²) in [7, 11) is 0. The molecule has 0 spiro atoms. The number of alkyl carbamates (subject to hydrolysis) is 1. The van der Waals surface area contributed by atoms with Gasteiger partial charge in [-0.2, -0.15) is 0 Å². The Hall–Kier alpha value is -4.47. The molecule has 1 aromatic carbocycles. The molecule has 0 aliphatic carbocycles. The van der Waals surface area contributed by atoms with Crippen molar-refractivity contribution >= 4 is 30.5 Å². The van der Waals surface area contributed by atoms with E-state index >= 15 is 0 Å². The minimum atomic E-state index is -0.711. The van der Waals surface area contributed by atoms with Crippen LogP contribution in [0.1, 0.15) is 134 Å². The Bertz CT molecular complexity index is 1590. The zero-order chi connectivity index (χ0) is 47.1. The predicted molar refractivity (Wildman–Crippen MR) is 240 cm³/mol. The van der Waals surface area contributed by atoms with Crippen LogP contribution in [0.4, 0.5) is 24.0 Å². The van der Waals surface area contributed by atoms with Crippen molar-refractivity contribution < 1.29 is 47.7 Å². The Balaban J connectivity index is 2.33. The summed E-state index contributed by atoms with van der Waals surface area (Å²) in [6, 6.07) is 8.04. The van der Waals surface area contributed by atoms with Gasteiger partial charge in [0.2, 0.25) is 0 Å². The van der Waals surface area contributed by atoms with Gasteiger partial charge in [-0.1, -0.05) is 24.3 Å². The Morgan fingerprint density at radius 1 is 0.516 bits per heavy atom. The number of carbonyl (C=O) groups is 5. The number of ether oxygens (including phenoxy) is 5. The van der Waals surface area contributed by atoms with Gasteiger partial charge in [-0.3, -0.25) is 4.90 Å². The quantitative estimate of drug-likeness (QED) is 0.197. The summed E-state index contributed by atoms with van der Waals surface area (Å²) in [6.07, 6.45) is -0.756. The summed E-state index contributed by atoms with van der Waals surface area (Å²) < 4.78 is 28.4. The first kappa shape index (κ1) is 53.7. The van der Waals surface area contributed by atoms with Crippen molar-refractivity contribution in [3.05, 3.63) is 35.4 Å². The molecular weight excluding hydrogens is 797 g/mol. The third kappa shape index (κ3) is 23.7. The molecule has 16 heteroatoms. The van der Waals surface area contributed by atoms with Crippen molar-refractivity contribution in [1.29, 1.82) is 0 Å². The summed E-state index contributed by atoms with van der Waals surface area (Å²) in [5, 5.41) is 2.75. The molecule has 0 atom stereocenters. The molecule has 1 fully saturated rings. The maximum absolute atomic E-state index is 13.5. The monoisotopic (exact) mass is 877 g/mol. The Kier molecular flexibility index (Phi) is 20.2. The average Bonchev–Trinajstić information content (AvgIpc) is 3.07. The number of nitrogens with zero attached hydrogens (tertiary/aromatic N) is 5. The lowest BCUT2D eigenvalue weighted by molar-refractivity contribution is 0.0101. The van der Waals surface area contributed by atoms with Gasteiger partial charge in [0, 0.05) is 78.5 Å².